The molecule has 1 atom stereocenters. The maximum Gasteiger partial charge on any atom is 0.00844 e. The van der Waals surface area contributed by atoms with Crippen LogP contribution < -0.4 is 11.5 Å². The molecule has 1 saturated carbocycles. The summed E-state index contributed by atoms with van der Waals surface area (Å²) in [7, 11) is 0. The first-order valence-corrected chi connectivity index (χ1v) is 11.2. The Hall–Kier alpha value is 0.360. The van der Waals surface area contributed by atoms with Gasteiger partial charge in [-0.25, -0.2) is 0 Å². The van der Waals surface area contributed by atoms with Crippen LogP contribution in [0.15, 0.2) is 12.2 Å². The highest BCUT2D eigenvalue weighted by atomic mass is 32.2. The zero-order valence-electron chi connectivity index (χ0n) is 14.2. The van der Waals surface area contributed by atoms with Gasteiger partial charge in [-0.05, 0) is 69.5 Å². The van der Waals surface area contributed by atoms with E-state index >= 15 is 0 Å². The van der Waals surface area contributed by atoms with Gasteiger partial charge >= 0.3 is 0 Å². The lowest BCUT2D eigenvalue weighted by molar-refractivity contribution is 0.516. The minimum atomic E-state index is 0.843. The quantitative estimate of drug-likeness (QED) is 0.500. The Bertz CT molecular complexity index is 266. The smallest absolute Gasteiger partial charge is 0.00844 e. The molecule has 2 aliphatic rings. The Morgan fingerprint density at radius 3 is 1.95 bits per heavy atom. The van der Waals surface area contributed by atoms with Crippen molar-refractivity contribution in [2.24, 2.45) is 11.5 Å². The summed E-state index contributed by atoms with van der Waals surface area (Å²) >= 11 is 4.23. The van der Waals surface area contributed by atoms with Crippen molar-refractivity contribution in [2.45, 2.75) is 74.7 Å². The van der Waals surface area contributed by atoms with Gasteiger partial charge in [-0.2, -0.15) is 23.5 Å². The summed E-state index contributed by atoms with van der Waals surface area (Å²) in [5.74, 6) is 2.52. The second kappa shape index (κ2) is 14.9. The maximum absolute atomic E-state index is 5.43. The summed E-state index contributed by atoms with van der Waals surface area (Å²) in [6.45, 7) is 1.70. The van der Waals surface area contributed by atoms with E-state index in [2.05, 4.69) is 35.7 Å². The molecule has 0 aliphatic heterocycles. The third-order valence-electron chi connectivity index (χ3n) is 4.18. The number of nitrogens with two attached hydrogens (primary N) is 2. The molecule has 1 unspecified atom stereocenters. The van der Waals surface area contributed by atoms with E-state index < -0.39 is 0 Å². The van der Waals surface area contributed by atoms with Crippen molar-refractivity contribution in [1.82, 2.24) is 0 Å². The zero-order chi connectivity index (χ0) is 15.9. The van der Waals surface area contributed by atoms with Crippen LogP contribution in [-0.2, 0) is 0 Å². The number of hydrogen-bond donors (Lipinski definition) is 2. The molecule has 0 saturated heterocycles. The molecule has 0 aromatic rings. The fourth-order valence-corrected chi connectivity index (χ4v) is 5.37. The van der Waals surface area contributed by atoms with Crippen molar-refractivity contribution in [3.05, 3.63) is 12.2 Å². The summed E-state index contributed by atoms with van der Waals surface area (Å²) in [5, 5.41) is 1.85. The van der Waals surface area contributed by atoms with E-state index in [0.29, 0.717) is 0 Å². The molecule has 2 nitrogen and oxygen atoms in total. The predicted molar refractivity (Wildman–Crippen MR) is 106 cm³/mol. The minimum Gasteiger partial charge on any atom is -0.330 e. The van der Waals surface area contributed by atoms with Crippen molar-refractivity contribution >= 4 is 23.5 Å². The van der Waals surface area contributed by atoms with Crippen LogP contribution in [0.3, 0.4) is 0 Å². The summed E-state index contributed by atoms with van der Waals surface area (Å²) in [6.07, 6.45) is 18.2. The lowest BCUT2D eigenvalue weighted by Gasteiger charge is -2.20. The van der Waals surface area contributed by atoms with Gasteiger partial charge in [0.25, 0.3) is 0 Å². The third kappa shape index (κ3) is 11.0. The molecule has 0 bridgehead atoms. The lowest BCUT2D eigenvalue weighted by Crippen LogP contribution is -2.09. The third-order valence-corrected chi connectivity index (χ3v) is 7.07. The highest BCUT2D eigenvalue weighted by Crippen LogP contribution is 2.28. The van der Waals surface area contributed by atoms with Crippen LogP contribution in [0, 0.1) is 0 Å². The second-order valence-electron chi connectivity index (χ2n) is 6.19. The highest BCUT2D eigenvalue weighted by molar-refractivity contribution is 8.00. The average Bonchev–Trinajstić information content (AvgIpc) is 2.58. The topological polar surface area (TPSA) is 52.0 Å². The number of rotatable bonds is 8. The van der Waals surface area contributed by atoms with Crippen molar-refractivity contribution in [2.75, 3.05) is 24.6 Å². The molecule has 130 valence electrons. The van der Waals surface area contributed by atoms with Crippen LogP contribution in [0.4, 0.5) is 0 Å². The molecule has 0 aromatic carbocycles. The van der Waals surface area contributed by atoms with Gasteiger partial charge < -0.3 is 11.5 Å². The molecule has 4 N–H and O–H groups in total. The molecule has 2 rings (SSSR count). The fourth-order valence-electron chi connectivity index (χ4n) is 2.82. The highest BCUT2D eigenvalue weighted by Gasteiger charge is 2.12. The summed E-state index contributed by atoms with van der Waals surface area (Å²) in [5.41, 5.74) is 10.8. The van der Waals surface area contributed by atoms with Crippen LogP contribution in [0.2, 0.25) is 0 Å². The molecule has 0 aromatic heterocycles. The van der Waals surface area contributed by atoms with E-state index in [1.165, 1.54) is 75.7 Å². The Balaban J connectivity index is 0.000000220. The van der Waals surface area contributed by atoms with E-state index in [9.17, 15) is 0 Å². The Morgan fingerprint density at radius 2 is 1.41 bits per heavy atom. The normalized spacial score (nSPS) is 22.2. The molecule has 0 spiro atoms. The molecule has 0 radical (unpaired) electrons. The molecular weight excluding hydrogens is 308 g/mol. The van der Waals surface area contributed by atoms with E-state index in [-0.39, 0.29) is 0 Å². The molecule has 2 aliphatic carbocycles. The second-order valence-corrected chi connectivity index (χ2v) is 9.01. The zero-order valence-corrected chi connectivity index (χ0v) is 15.8. The lowest BCUT2D eigenvalue weighted by atomic mass is 10.0. The van der Waals surface area contributed by atoms with Gasteiger partial charge in [0.15, 0.2) is 0 Å². The van der Waals surface area contributed by atoms with Crippen LogP contribution in [0.5, 0.6) is 0 Å². The molecule has 4 heteroatoms. The van der Waals surface area contributed by atoms with E-state index in [1.54, 1.807) is 0 Å². The van der Waals surface area contributed by atoms with Crippen LogP contribution in [0.25, 0.3) is 0 Å². The van der Waals surface area contributed by atoms with Crippen LogP contribution in [-0.4, -0.2) is 35.1 Å². The molecular formula is C18H36N2S2. The molecule has 0 amide bonds. The van der Waals surface area contributed by atoms with E-state index in [1.807, 2.05) is 0 Å². The largest absolute Gasteiger partial charge is 0.330 e. The standard InChI is InChI=1S/C9H19NS.C9H17NS/c2*10-7-4-8-11-9-5-2-1-3-6-9/h9H,1-8,10H2;1-2,9H,3-8,10H2. The van der Waals surface area contributed by atoms with Gasteiger partial charge in [0.05, 0.1) is 0 Å². The number of allylic oxidation sites excluding steroid dienone is 2. The SMILES string of the molecule is NCCCSC1CC=CCC1.NCCCSC1CCCCC1. The average molecular weight is 345 g/mol. The summed E-state index contributed by atoms with van der Waals surface area (Å²) in [4.78, 5) is 0. The number of thioether (sulfide) groups is 2. The number of hydrogen-bond acceptors (Lipinski definition) is 4. The minimum absolute atomic E-state index is 0.843. The Morgan fingerprint density at radius 1 is 0.773 bits per heavy atom. The first-order valence-electron chi connectivity index (χ1n) is 9.15. The van der Waals surface area contributed by atoms with Crippen molar-refractivity contribution in [3.8, 4) is 0 Å². The Kier molecular flexibility index (Phi) is 13.8. The van der Waals surface area contributed by atoms with Gasteiger partial charge in [-0.15, -0.1) is 0 Å². The van der Waals surface area contributed by atoms with Gasteiger partial charge in [-0.1, -0.05) is 31.4 Å². The maximum atomic E-state index is 5.43. The first-order chi connectivity index (χ1) is 10.9. The first kappa shape index (κ1) is 20.4. The van der Waals surface area contributed by atoms with E-state index in [0.717, 1.165) is 23.6 Å². The van der Waals surface area contributed by atoms with Crippen molar-refractivity contribution in [3.63, 3.8) is 0 Å². The van der Waals surface area contributed by atoms with Crippen molar-refractivity contribution in [1.29, 1.82) is 0 Å². The molecule has 0 heterocycles. The van der Waals surface area contributed by atoms with Gasteiger partial charge in [0.2, 0.25) is 0 Å². The Labute approximate surface area is 146 Å². The monoisotopic (exact) mass is 344 g/mol. The van der Waals surface area contributed by atoms with Crippen LogP contribution in [0.1, 0.15) is 64.2 Å². The van der Waals surface area contributed by atoms with Gasteiger partial charge in [-0.3, -0.25) is 0 Å². The molecule has 22 heavy (non-hydrogen) atoms. The summed E-state index contributed by atoms with van der Waals surface area (Å²) < 4.78 is 0. The van der Waals surface area contributed by atoms with E-state index in [4.69, 9.17) is 11.5 Å². The summed E-state index contributed by atoms with van der Waals surface area (Å²) in [6, 6.07) is 0. The van der Waals surface area contributed by atoms with Crippen molar-refractivity contribution < 1.29 is 0 Å². The van der Waals surface area contributed by atoms with Gasteiger partial charge in [0, 0.05) is 10.5 Å². The van der Waals surface area contributed by atoms with Crippen LogP contribution >= 0.6 is 23.5 Å². The molecule has 1 fully saturated rings. The fraction of sp³-hybridized carbons (Fsp3) is 0.889. The predicted octanol–water partition coefficient (Wildman–Crippen LogP) is 4.58. The van der Waals surface area contributed by atoms with Gasteiger partial charge in [0.1, 0.15) is 0 Å².